The number of hydrogen-bond donors (Lipinski definition) is 0. The third-order valence-corrected chi connectivity index (χ3v) is 4.12. The largest absolute Gasteiger partial charge is 0.306 e. The minimum atomic E-state index is 0.751. The molecule has 1 saturated carbocycles. The van der Waals surface area contributed by atoms with Gasteiger partial charge in [-0.2, -0.15) is 0 Å². The Morgan fingerprint density at radius 1 is 1.15 bits per heavy atom. The van der Waals surface area contributed by atoms with Crippen LogP contribution in [0, 0.1) is 5.41 Å². The molecule has 0 bridgehead atoms. The monoisotopic (exact) mass is 182 g/mol. The van der Waals surface area contributed by atoms with Crippen LogP contribution in [0.4, 0.5) is 0 Å². The van der Waals surface area contributed by atoms with Crippen molar-refractivity contribution in [1.82, 2.24) is 9.80 Å². The highest BCUT2D eigenvalue weighted by molar-refractivity contribution is 4.99. The molecular weight excluding hydrogens is 160 g/mol. The third kappa shape index (κ3) is 1.75. The second-order valence-corrected chi connectivity index (χ2v) is 5.33. The van der Waals surface area contributed by atoms with Gasteiger partial charge in [-0.15, -0.1) is 0 Å². The van der Waals surface area contributed by atoms with Gasteiger partial charge in [-0.05, 0) is 65.3 Å². The highest BCUT2D eigenvalue weighted by atomic mass is 15.1. The molecule has 0 aromatic carbocycles. The lowest BCUT2D eigenvalue weighted by atomic mass is 9.60. The van der Waals surface area contributed by atoms with E-state index >= 15 is 0 Å². The Kier molecular flexibility index (Phi) is 2.37. The maximum atomic E-state index is 2.47. The van der Waals surface area contributed by atoms with E-state index < -0.39 is 0 Å². The minimum absolute atomic E-state index is 0.751. The average molecular weight is 182 g/mol. The van der Waals surface area contributed by atoms with Gasteiger partial charge >= 0.3 is 0 Å². The molecule has 1 aliphatic carbocycles. The van der Waals surface area contributed by atoms with Gasteiger partial charge in [0.25, 0.3) is 0 Å². The van der Waals surface area contributed by atoms with Crippen molar-refractivity contribution in [3.05, 3.63) is 0 Å². The maximum Gasteiger partial charge on any atom is 0.00997 e. The Morgan fingerprint density at radius 2 is 1.69 bits per heavy atom. The molecule has 1 spiro atoms. The Labute approximate surface area is 81.9 Å². The highest BCUT2D eigenvalue weighted by Gasteiger charge is 2.45. The lowest BCUT2D eigenvalue weighted by Crippen LogP contribution is -2.52. The van der Waals surface area contributed by atoms with Crippen molar-refractivity contribution in [2.45, 2.75) is 31.7 Å². The van der Waals surface area contributed by atoms with Crippen LogP contribution in [0.1, 0.15) is 25.7 Å². The molecule has 0 radical (unpaired) electrons. The summed E-state index contributed by atoms with van der Waals surface area (Å²) >= 11 is 0. The van der Waals surface area contributed by atoms with Gasteiger partial charge in [-0.3, -0.25) is 0 Å². The summed E-state index contributed by atoms with van der Waals surface area (Å²) in [6.07, 6.45) is 5.78. The van der Waals surface area contributed by atoms with Crippen molar-refractivity contribution in [2.75, 3.05) is 34.2 Å². The van der Waals surface area contributed by atoms with Crippen molar-refractivity contribution < 1.29 is 0 Å². The number of rotatable bonds is 1. The predicted octanol–water partition coefficient (Wildman–Crippen LogP) is 1.42. The minimum Gasteiger partial charge on any atom is -0.306 e. The van der Waals surface area contributed by atoms with E-state index in [0.29, 0.717) is 0 Å². The summed E-state index contributed by atoms with van der Waals surface area (Å²) < 4.78 is 0. The maximum absolute atomic E-state index is 2.47. The fourth-order valence-electron chi connectivity index (χ4n) is 2.81. The zero-order chi connectivity index (χ0) is 9.47. The lowest BCUT2D eigenvalue weighted by Gasteiger charge is -2.53. The molecular formula is C11H22N2. The molecule has 13 heavy (non-hydrogen) atoms. The van der Waals surface area contributed by atoms with Crippen LogP contribution in [0.25, 0.3) is 0 Å². The Balaban J connectivity index is 1.83. The second kappa shape index (κ2) is 3.25. The molecule has 0 amide bonds. The summed E-state index contributed by atoms with van der Waals surface area (Å²) in [5, 5.41) is 0. The molecule has 76 valence electrons. The number of likely N-dealkylation sites (tertiary alicyclic amines) is 1. The molecule has 1 aliphatic heterocycles. The van der Waals surface area contributed by atoms with E-state index in [1.807, 2.05) is 0 Å². The SMILES string of the molecule is CN1CCC2(CC1)CC(N(C)C)C2. The van der Waals surface area contributed by atoms with E-state index in [0.717, 1.165) is 11.5 Å². The molecule has 0 unspecified atom stereocenters. The van der Waals surface area contributed by atoms with E-state index in [-0.39, 0.29) is 0 Å². The van der Waals surface area contributed by atoms with Crippen molar-refractivity contribution >= 4 is 0 Å². The first-order valence-electron chi connectivity index (χ1n) is 5.46. The topological polar surface area (TPSA) is 6.48 Å². The summed E-state index contributed by atoms with van der Waals surface area (Å²) in [6, 6.07) is 0.878. The van der Waals surface area contributed by atoms with E-state index in [4.69, 9.17) is 0 Å². The fraction of sp³-hybridized carbons (Fsp3) is 1.00. The number of hydrogen-bond acceptors (Lipinski definition) is 2. The van der Waals surface area contributed by atoms with Gasteiger partial charge in [0.15, 0.2) is 0 Å². The van der Waals surface area contributed by atoms with E-state index in [1.165, 1.54) is 38.8 Å². The molecule has 0 aromatic rings. The predicted molar refractivity (Wildman–Crippen MR) is 55.9 cm³/mol. The number of piperidine rings is 1. The summed E-state index contributed by atoms with van der Waals surface area (Å²) in [5.41, 5.74) is 0.751. The van der Waals surface area contributed by atoms with Crippen LogP contribution in [-0.4, -0.2) is 50.1 Å². The first-order chi connectivity index (χ1) is 6.11. The molecule has 2 nitrogen and oxygen atoms in total. The molecule has 0 atom stereocenters. The summed E-state index contributed by atoms with van der Waals surface area (Å²) in [7, 11) is 6.67. The molecule has 0 aromatic heterocycles. The van der Waals surface area contributed by atoms with Crippen molar-refractivity contribution in [1.29, 1.82) is 0 Å². The van der Waals surface area contributed by atoms with Gasteiger partial charge in [0.1, 0.15) is 0 Å². The van der Waals surface area contributed by atoms with Crippen LogP contribution in [0.5, 0.6) is 0 Å². The summed E-state index contributed by atoms with van der Waals surface area (Å²) in [5.74, 6) is 0. The highest BCUT2D eigenvalue weighted by Crippen LogP contribution is 2.50. The average Bonchev–Trinajstić information content (AvgIpc) is 2.02. The Morgan fingerprint density at radius 3 is 2.15 bits per heavy atom. The molecule has 1 saturated heterocycles. The normalized spacial score (nSPS) is 29.5. The first kappa shape index (κ1) is 9.47. The Bertz CT molecular complexity index is 173. The third-order valence-electron chi connectivity index (χ3n) is 4.12. The zero-order valence-electron chi connectivity index (χ0n) is 9.21. The molecule has 2 aliphatic rings. The van der Waals surface area contributed by atoms with Gasteiger partial charge in [-0.1, -0.05) is 0 Å². The molecule has 1 heterocycles. The van der Waals surface area contributed by atoms with Crippen molar-refractivity contribution in [2.24, 2.45) is 5.41 Å². The van der Waals surface area contributed by atoms with E-state index in [1.54, 1.807) is 0 Å². The van der Waals surface area contributed by atoms with E-state index in [2.05, 4.69) is 30.9 Å². The van der Waals surface area contributed by atoms with Gasteiger partial charge in [-0.25, -0.2) is 0 Å². The van der Waals surface area contributed by atoms with Gasteiger partial charge < -0.3 is 9.80 Å². The van der Waals surface area contributed by atoms with Crippen LogP contribution >= 0.6 is 0 Å². The van der Waals surface area contributed by atoms with Gasteiger partial charge in [0, 0.05) is 6.04 Å². The molecule has 2 fully saturated rings. The lowest BCUT2D eigenvalue weighted by molar-refractivity contribution is -0.0224. The van der Waals surface area contributed by atoms with E-state index in [9.17, 15) is 0 Å². The van der Waals surface area contributed by atoms with Crippen LogP contribution in [-0.2, 0) is 0 Å². The quantitative estimate of drug-likeness (QED) is 0.605. The molecule has 2 heteroatoms. The molecule has 2 rings (SSSR count). The van der Waals surface area contributed by atoms with Crippen molar-refractivity contribution in [3.8, 4) is 0 Å². The van der Waals surface area contributed by atoms with Crippen LogP contribution in [0.15, 0.2) is 0 Å². The Hall–Kier alpha value is -0.0800. The number of nitrogens with zero attached hydrogens (tertiary/aromatic N) is 2. The zero-order valence-corrected chi connectivity index (χ0v) is 9.21. The van der Waals surface area contributed by atoms with Crippen LogP contribution < -0.4 is 0 Å². The van der Waals surface area contributed by atoms with Gasteiger partial charge in [0.05, 0.1) is 0 Å². The summed E-state index contributed by atoms with van der Waals surface area (Å²) in [6.45, 7) is 2.64. The fourth-order valence-corrected chi connectivity index (χ4v) is 2.81. The summed E-state index contributed by atoms with van der Waals surface area (Å²) in [4.78, 5) is 4.86. The smallest absolute Gasteiger partial charge is 0.00997 e. The van der Waals surface area contributed by atoms with Gasteiger partial charge in [0.2, 0.25) is 0 Å². The van der Waals surface area contributed by atoms with Crippen LogP contribution in [0.3, 0.4) is 0 Å². The van der Waals surface area contributed by atoms with Crippen LogP contribution in [0.2, 0.25) is 0 Å². The molecule has 0 N–H and O–H groups in total. The first-order valence-corrected chi connectivity index (χ1v) is 5.46. The standard InChI is InChI=1S/C11H22N2/c1-12(2)10-8-11(9-10)4-6-13(3)7-5-11/h10H,4-9H2,1-3H3. The second-order valence-electron chi connectivity index (χ2n) is 5.33. The van der Waals surface area contributed by atoms with Crippen molar-refractivity contribution in [3.63, 3.8) is 0 Å².